The fraction of sp³-hybridized carbons (Fsp3) is 0.643. The van der Waals surface area contributed by atoms with E-state index in [1.807, 2.05) is 6.08 Å². The van der Waals surface area contributed by atoms with Crippen LogP contribution in [0.1, 0.15) is 51.4 Å². The lowest BCUT2D eigenvalue weighted by Crippen LogP contribution is -2.29. The Morgan fingerprint density at radius 2 is 1.76 bits per heavy atom. The third-order valence-corrected chi connectivity index (χ3v) is 3.03. The van der Waals surface area contributed by atoms with E-state index in [2.05, 4.69) is 11.1 Å². The second-order valence-corrected chi connectivity index (χ2v) is 4.84. The highest BCUT2D eigenvalue weighted by molar-refractivity contribution is 7.10. The first kappa shape index (κ1) is 19.6. The first-order chi connectivity index (χ1) is 10.0. The normalized spacial score (nSPS) is 11.5. The maximum absolute atomic E-state index is 11.5. The molecule has 0 amide bonds. The summed E-state index contributed by atoms with van der Waals surface area (Å²) in [6.45, 7) is 3.64. The minimum Gasteiger partial charge on any atom is -0.481 e. The molecule has 0 fully saturated rings. The van der Waals surface area contributed by atoms with Crippen molar-refractivity contribution in [3.05, 3.63) is 12.7 Å². The number of aliphatic carboxylic acids is 1. The Labute approximate surface area is 127 Å². The van der Waals surface area contributed by atoms with Gasteiger partial charge in [-0.3, -0.25) is 9.59 Å². The van der Waals surface area contributed by atoms with Gasteiger partial charge in [-0.2, -0.15) is 0 Å². The molecule has 2 atom stereocenters. The van der Waals surface area contributed by atoms with Crippen molar-refractivity contribution in [3.8, 4) is 0 Å². The number of unbranched alkanes of at least 4 members (excludes halogenated alkanes) is 5. The average Bonchev–Trinajstić information content (AvgIpc) is 2.44. The van der Waals surface area contributed by atoms with Gasteiger partial charge >= 0.3 is 17.9 Å². The van der Waals surface area contributed by atoms with E-state index in [4.69, 9.17) is 9.84 Å². The summed E-state index contributed by atoms with van der Waals surface area (Å²) in [7, 11) is 1.71. The van der Waals surface area contributed by atoms with Crippen LogP contribution in [0.3, 0.4) is 0 Å². The molecule has 0 saturated heterocycles. The van der Waals surface area contributed by atoms with E-state index in [1.54, 1.807) is 9.47 Å². The van der Waals surface area contributed by atoms with Crippen LogP contribution in [0.2, 0.25) is 0 Å². The summed E-state index contributed by atoms with van der Waals surface area (Å²) in [6, 6.07) is 0. The Kier molecular flexibility index (Phi) is 11.5. The minimum atomic E-state index is -1.39. The molecule has 0 bridgehead atoms. The van der Waals surface area contributed by atoms with Crippen molar-refractivity contribution < 1.29 is 28.8 Å². The summed E-state index contributed by atoms with van der Waals surface area (Å²) in [5.74, 6) is -2.70. The molecule has 21 heavy (non-hydrogen) atoms. The van der Waals surface area contributed by atoms with Crippen LogP contribution in [0, 0.1) is 0 Å². The molecule has 0 aliphatic heterocycles. The van der Waals surface area contributed by atoms with Crippen molar-refractivity contribution in [1.29, 1.82) is 0 Å². The Hall–Kier alpha value is -1.42. The summed E-state index contributed by atoms with van der Waals surface area (Å²) in [4.78, 5) is 33.4. The molecule has 7 heteroatoms. The largest absolute Gasteiger partial charge is 0.481 e. The summed E-state index contributed by atoms with van der Waals surface area (Å²) in [5, 5.41) is 8.65. The van der Waals surface area contributed by atoms with Crippen LogP contribution >= 0.6 is 9.47 Å². The molecule has 0 saturated carbocycles. The molecule has 0 aromatic carbocycles. The summed E-state index contributed by atoms with van der Waals surface area (Å²) >= 11 is 0. The fourth-order valence-electron chi connectivity index (χ4n) is 1.71. The second-order valence-electron chi connectivity index (χ2n) is 4.61. The molecule has 0 heterocycles. The van der Waals surface area contributed by atoms with Crippen molar-refractivity contribution >= 4 is 27.4 Å². The highest BCUT2D eigenvalue weighted by Crippen LogP contribution is 2.10. The van der Waals surface area contributed by atoms with Crippen molar-refractivity contribution in [3.63, 3.8) is 0 Å². The highest BCUT2D eigenvalue weighted by Gasteiger charge is 2.26. The van der Waals surface area contributed by atoms with Crippen LogP contribution < -0.4 is 0 Å². The maximum Gasteiger partial charge on any atom is 0.350 e. The Morgan fingerprint density at radius 1 is 1.14 bits per heavy atom. The van der Waals surface area contributed by atoms with Crippen molar-refractivity contribution in [2.75, 3.05) is 0 Å². The van der Waals surface area contributed by atoms with E-state index in [0.717, 1.165) is 32.1 Å². The quantitative estimate of drug-likeness (QED) is 0.257. The number of carbonyl (C=O) groups excluding carboxylic acids is 2. The second kappa shape index (κ2) is 12.3. The molecular formula is C14H23O6P. The number of rotatable bonds is 12. The van der Waals surface area contributed by atoms with Gasteiger partial charge in [-0.15, -0.1) is 6.58 Å². The number of carbonyl (C=O) groups is 3. The zero-order valence-corrected chi connectivity index (χ0v) is 13.2. The van der Waals surface area contributed by atoms with Gasteiger partial charge in [0.05, 0.1) is 15.9 Å². The highest BCUT2D eigenvalue weighted by atomic mass is 31.0. The Morgan fingerprint density at radius 3 is 2.33 bits per heavy atom. The average molecular weight is 318 g/mol. The topological polar surface area (TPSA) is 89.9 Å². The van der Waals surface area contributed by atoms with Crippen LogP contribution in [-0.4, -0.2) is 29.1 Å². The van der Waals surface area contributed by atoms with Crippen molar-refractivity contribution in [1.82, 2.24) is 0 Å². The predicted octanol–water partition coefficient (Wildman–Crippen LogP) is 2.62. The monoisotopic (exact) mass is 318 g/mol. The molecule has 0 radical (unpaired) electrons. The van der Waals surface area contributed by atoms with Gasteiger partial charge in [0, 0.05) is 6.42 Å². The van der Waals surface area contributed by atoms with Gasteiger partial charge in [0.15, 0.2) is 0 Å². The van der Waals surface area contributed by atoms with Crippen LogP contribution in [0.4, 0.5) is 0 Å². The molecular weight excluding hydrogens is 295 g/mol. The van der Waals surface area contributed by atoms with E-state index < -0.39 is 30.4 Å². The lowest BCUT2D eigenvalue weighted by Gasteiger charge is -2.13. The molecule has 0 aromatic heterocycles. The van der Waals surface area contributed by atoms with E-state index in [9.17, 15) is 14.4 Å². The zero-order valence-electron chi connectivity index (χ0n) is 12.1. The Balaban J connectivity index is 3.90. The molecule has 6 nitrogen and oxygen atoms in total. The van der Waals surface area contributed by atoms with E-state index in [0.29, 0.717) is 6.42 Å². The molecule has 120 valence electrons. The maximum atomic E-state index is 11.5. The number of ether oxygens (including phenoxy) is 1. The van der Waals surface area contributed by atoms with Crippen molar-refractivity contribution in [2.24, 2.45) is 0 Å². The van der Waals surface area contributed by atoms with Gasteiger partial charge in [0.25, 0.3) is 0 Å². The van der Waals surface area contributed by atoms with Gasteiger partial charge in [-0.1, -0.05) is 25.3 Å². The number of esters is 1. The number of allylic oxidation sites excluding steroid dienone is 1. The SMILES string of the molecule is C=CCCCCCCCC(=O)O[C@@H](CC(=O)O)C(=O)OP. The van der Waals surface area contributed by atoms with Gasteiger partial charge in [-0.25, -0.2) is 4.79 Å². The zero-order chi connectivity index (χ0) is 16.1. The number of hydrogen-bond acceptors (Lipinski definition) is 5. The van der Waals surface area contributed by atoms with Crippen LogP contribution in [0.25, 0.3) is 0 Å². The predicted molar refractivity (Wildman–Crippen MR) is 80.5 cm³/mol. The standard InChI is InChI=1S/C14H23O6P/c1-2-3-4-5-6-7-8-9-13(17)19-11(10-12(15)16)14(18)20-21/h2,11H,1,3-10,21H2,(H,15,16)/t11-/m0/s1. The minimum absolute atomic E-state index is 0.168. The number of carboxylic acid groups (broad SMARTS) is 1. The van der Waals surface area contributed by atoms with E-state index in [-0.39, 0.29) is 6.42 Å². The first-order valence-electron chi connectivity index (χ1n) is 6.94. The van der Waals surface area contributed by atoms with Crippen LogP contribution in [-0.2, 0) is 23.6 Å². The molecule has 0 aliphatic rings. The van der Waals surface area contributed by atoms with Crippen LogP contribution in [0.15, 0.2) is 12.7 Å². The smallest absolute Gasteiger partial charge is 0.350 e. The van der Waals surface area contributed by atoms with Gasteiger partial charge < -0.3 is 14.4 Å². The number of hydrogen-bond donors (Lipinski definition) is 1. The van der Waals surface area contributed by atoms with Crippen LogP contribution in [0.5, 0.6) is 0 Å². The Bertz CT molecular complexity index is 355. The molecule has 0 spiro atoms. The molecule has 0 rings (SSSR count). The summed E-state index contributed by atoms with van der Waals surface area (Å²) in [6.07, 6.45) is 5.81. The fourth-order valence-corrected chi connectivity index (χ4v) is 1.87. The molecule has 0 aliphatic carbocycles. The van der Waals surface area contributed by atoms with Gasteiger partial charge in [0.2, 0.25) is 6.10 Å². The number of carboxylic acids is 1. The van der Waals surface area contributed by atoms with Crippen molar-refractivity contribution in [2.45, 2.75) is 57.5 Å². The third kappa shape index (κ3) is 11.0. The van der Waals surface area contributed by atoms with E-state index in [1.165, 1.54) is 0 Å². The summed E-state index contributed by atoms with van der Waals surface area (Å²) in [5.41, 5.74) is 0. The third-order valence-electron chi connectivity index (χ3n) is 2.80. The molecule has 1 N–H and O–H groups in total. The first-order valence-corrected chi connectivity index (χ1v) is 7.41. The molecule has 0 aromatic rings. The summed E-state index contributed by atoms with van der Waals surface area (Å²) < 4.78 is 9.16. The molecule has 1 unspecified atom stereocenters. The van der Waals surface area contributed by atoms with Gasteiger partial charge in [-0.05, 0) is 19.3 Å². The van der Waals surface area contributed by atoms with Gasteiger partial charge in [0.1, 0.15) is 0 Å². The lowest BCUT2D eigenvalue weighted by molar-refractivity contribution is -0.165. The lowest BCUT2D eigenvalue weighted by atomic mass is 10.1. The van der Waals surface area contributed by atoms with E-state index >= 15 is 0 Å².